The van der Waals surface area contributed by atoms with Crippen molar-refractivity contribution in [2.24, 2.45) is 0 Å². The second-order valence-corrected chi connectivity index (χ2v) is 0.909. The van der Waals surface area contributed by atoms with Crippen LogP contribution >= 0.6 is 23.2 Å². The Hall–Kier alpha value is 0.749. The van der Waals surface area contributed by atoms with E-state index >= 15 is 0 Å². The first-order valence-electron chi connectivity index (χ1n) is 0.535. The molecule has 0 atom stereocenters. The largest absolute Gasteiger partial charge is 2.00 e. The molecule has 0 aromatic carbocycles. The van der Waals surface area contributed by atoms with Crippen LogP contribution in [0.1, 0.15) is 2.85 Å². The van der Waals surface area contributed by atoms with Crippen LogP contribution in [0.25, 0.3) is 0 Å². The topological polar surface area (TPSA) is 0 Å². The van der Waals surface area contributed by atoms with Crippen LogP contribution in [-0.4, -0.2) is 15.5 Å². The Labute approximate surface area is 42.3 Å². The Morgan fingerprint density at radius 3 is 1.50 bits per heavy atom. The van der Waals surface area contributed by atoms with Crippen molar-refractivity contribution < 1.29 is 2.85 Å². The number of alkyl halides is 2. The molecule has 0 aromatic rings. The standard InChI is InChI=1S/CH2Cl2.Be.2H/c2-1-3;;;/h1H2;;;/q;+2;2*-1. The number of hydrogen-bond acceptors (Lipinski definition) is 0. The molecule has 3 heteroatoms. The van der Waals surface area contributed by atoms with E-state index in [1.807, 2.05) is 0 Å². The molecule has 0 aliphatic heterocycles. The van der Waals surface area contributed by atoms with Crippen molar-refractivity contribution in [3.05, 3.63) is 0 Å². The van der Waals surface area contributed by atoms with E-state index in [4.69, 9.17) is 23.2 Å². The minimum Gasteiger partial charge on any atom is -1.00 e. The molecular weight excluding hydrogens is 91.9 g/mol. The summed E-state index contributed by atoms with van der Waals surface area (Å²) in [4.78, 5) is 0. The van der Waals surface area contributed by atoms with Gasteiger partial charge in [-0.15, -0.1) is 23.2 Å². The summed E-state index contributed by atoms with van der Waals surface area (Å²) in [5.74, 6) is 0. The molecule has 0 heterocycles. The van der Waals surface area contributed by atoms with Crippen LogP contribution in [0.15, 0.2) is 0 Å². The normalized spacial score (nSPS) is 4.50. The van der Waals surface area contributed by atoms with Crippen LogP contribution in [0.3, 0.4) is 0 Å². The van der Waals surface area contributed by atoms with E-state index in [1.54, 1.807) is 0 Å². The quantitative estimate of drug-likeness (QED) is 0.314. The molecule has 0 amide bonds. The van der Waals surface area contributed by atoms with Crippen molar-refractivity contribution >= 4 is 33.3 Å². The van der Waals surface area contributed by atoms with Crippen molar-refractivity contribution in [1.29, 1.82) is 0 Å². The molecule has 0 nitrogen and oxygen atoms in total. The summed E-state index contributed by atoms with van der Waals surface area (Å²) in [5, 5.41) is 0.194. The first-order chi connectivity index (χ1) is 1.41. The minimum atomic E-state index is 0. The predicted molar refractivity (Wildman–Crippen MR) is 24.6 cm³/mol. The van der Waals surface area contributed by atoms with Gasteiger partial charge < -0.3 is 2.85 Å². The number of hydrogen-bond donors (Lipinski definition) is 0. The molecule has 0 unspecified atom stereocenters. The van der Waals surface area contributed by atoms with Gasteiger partial charge in [0.1, 0.15) is 0 Å². The van der Waals surface area contributed by atoms with E-state index in [-0.39, 0.29) is 18.3 Å². The Kier molecular flexibility index (Phi) is 20.5. The van der Waals surface area contributed by atoms with Crippen LogP contribution in [0, 0.1) is 0 Å². The van der Waals surface area contributed by atoms with Gasteiger partial charge in [-0.05, 0) is 0 Å². The van der Waals surface area contributed by atoms with Gasteiger partial charge in [-0.2, -0.15) is 0 Å². The van der Waals surface area contributed by atoms with Crippen molar-refractivity contribution in [3.8, 4) is 0 Å². The second kappa shape index (κ2) is 9.26. The molecule has 0 bridgehead atoms. The Morgan fingerprint density at radius 1 is 1.50 bits per heavy atom. The molecule has 24 valence electrons. The SMILES string of the molecule is ClCCl.[Be+2].[H-].[H-]. The van der Waals surface area contributed by atoms with E-state index in [2.05, 4.69) is 0 Å². The van der Waals surface area contributed by atoms with Gasteiger partial charge in [0.15, 0.2) is 0 Å². The predicted octanol–water partition coefficient (Wildman–Crippen LogP) is 1.27. The fourth-order valence-corrected chi connectivity index (χ4v) is 0. The molecule has 0 N–H and O–H groups in total. The average molecular weight is 96.0 g/mol. The summed E-state index contributed by atoms with van der Waals surface area (Å²) in [6.07, 6.45) is 0. The summed E-state index contributed by atoms with van der Waals surface area (Å²) < 4.78 is 0. The summed E-state index contributed by atoms with van der Waals surface area (Å²) >= 11 is 9.53. The molecule has 0 saturated carbocycles. The fraction of sp³-hybridized carbons (Fsp3) is 1.00. The van der Waals surface area contributed by atoms with Gasteiger partial charge in [-0.3, -0.25) is 0 Å². The Balaban J connectivity index is -0.00000000667. The van der Waals surface area contributed by atoms with Gasteiger partial charge in [0, 0.05) is 0 Å². The summed E-state index contributed by atoms with van der Waals surface area (Å²) in [6, 6.07) is 0. The zero-order chi connectivity index (χ0) is 2.71. The molecular formula is CH4BeCl2. The number of halogens is 2. The van der Waals surface area contributed by atoms with Crippen molar-refractivity contribution in [2.75, 3.05) is 5.34 Å². The van der Waals surface area contributed by atoms with Crippen molar-refractivity contribution in [1.82, 2.24) is 0 Å². The monoisotopic (exact) mass is 95.0 g/mol. The van der Waals surface area contributed by atoms with E-state index < -0.39 is 0 Å². The van der Waals surface area contributed by atoms with E-state index in [0.717, 1.165) is 0 Å². The van der Waals surface area contributed by atoms with Gasteiger partial charge in [-0.1, -0.05) is 0 Å². The molecule has 0 aliphatic rings. The van der Waals surface area contributed by atoms with Gasteiger partial charge >= 0.3 is 10.1 Å². The molecule has 0 radical (unpaired) electrons. The second-order valence-electron chi connectivity index (χ2n) is 0.101. The van der Waals surface area contributed by atoms with Crippen molar-refractivity contribution in [3.63, 3.8) is 0 Å². The maximum Gasteiger partial charge on any atom is 2.00 e. The molecule has 0 saturated heterocycles. The Morgan fingerprint density at radius 2 is 1.50 bits per heavy atom. The third kappa shape index (κ3) is 15.0. The fourth-order valence-electron chi connectivity index (χ4n) is 0. The molecule has 0 aromatic heterocycles. The first kappa shape index (κ1) is 8.83. The van der Waals surface area contributed by atoms with Gasteiger partial charge in [0.25, 0.3) is 0 Å². The van der Waals surface area contributed by atoms with Gasteiger partial charge in [0.05, 0.1) is 5.34 Å². The van der Waals surface area contributed by atoms with Crippen LogP contribution < -0.4 is 0 Å². The maximum atomic E-state index is 4.76. The third-order valence-corrected chi connectivity index (χ3v) is 0. The molecule has 0 aliphatic carbocycles. The van der Waals surface area contributed by atoms with Crippen LogP contribution in [0.4, 0.5) is 0 Å². The van der Waals surface area contributed by atoms with Crippen LogP contribution in [0.5, 0.6) is 0 Å². The maximum absolute atomic E-state index is 4.76. The van der Waals surface area contributed by atoms with Crippen LogP contribution in [0.2, 0.25) is 0 Å². The number of rotatable bonds is 0. The minimum absolute atomic E-state index is 0. The van der Waals surface area contributed by atoms with E-state index in [1.165, 1.54) is 0 Å². The van der Waals surface area contributed by atoms with E-state index in [0.29, 0.717) is 0 Å². The zero-order valence-corrected chi connectivity index (χ0v) is 3.68. The third-order valence-electron chi connectivity index (χ3n) is 0. The summed E-state index contributed by atoms with van der Waals surface area (Å²) in [5.41, 5.74) is 0. The zero-order valence-electron chi connectivity index (χ0n) is 4.17. The smallest absolute Gasteiger partial charge is 1.00 e. The summed E-state index contributed by atoms with van der Waals surface area (Å²) in [6.45, 7) is 0. The molecule has 0 fully saturated rings. The van der Waals surface area contributed by atoms with Crippen molar-refractivity contribution in [2.45, 2.75) is 0 Å². The van der Waals surface area contributed by atoms with Crippen LogP contribution in [-0.2, 0) is 0 Å². The first-order valence-corrected chi connectivity index (χ1v) is 1.60. The molecule has 4 heavy (non-hydrogen) atoms. The summed E-state index contributed by atoms with van der Waals surface area (Å²) in [7, 11) is 0. The van der Waals surface area contributed by atoms with Gasteiger partial charge in [0.2, 0.25) is 0 Å². The van der Waals surface area contributed by atoms with Gasteiger partial charge in [-0.25, -0.2) is 0 Å². The molecule has 0 spiro atoms. The van der Waals surface area contributed by atoms with E-state index in [9.17, 15) is 0 Å². The molecule has 0 rings (SSSR count). The Bertz CT molecular complexity index is 11.5. The average Bonchev–Trinajstić information content (AvgIpc) is 0.918.